The predicted octanol–water partition coefficient (Wildman–Crippen LogP) is 2.47. The lowest BCUT2D eigenvalue weighted by Gasteiger charge is -2.14. The van der Waals surface area contributed by atoms with Crippen LogP contribution in [0.3, 0.4) is 0 Å². The zero-order chi connectivity index (χ0) is 15.9. The van der Waals surface area contributed by atoms with Crippen LogP contribution in [0, 0.1) is 0 Å². The highest BCUT2D eigenvalue weighted by Gasteiger charge is 2.16. The highest BCUT2D eigenvalue weighted by atomic mass is 28.3. The molecule has 3 heteroatoms. The molecule has 22 heavy (non-hydrogen) atoms. The van der Waals surface area contributed by atoms with E-state index in [4.69, 9.17) is 4.74 Å². The molecule has 2 aromatic carbocycles. The summed E-state index contributed by atoms with van der Waals surface area (Å²) in [6, 6.07) is 20.8. The molecule has 2 aromatic rings. The number of ether oxygens (including phenoxy) is 1. The molecule has 114 valence electrons. The zero-order valence-electron chi connectivity index (χ0n) is 13.3. The van der Waals surface area contributed by atoms with E-state index in [2.05, 4.69) is 30.0 Å². The highest BCUT2D eigenvalue weighted by Crippen LogP contribution is 2.03. The first kappa shape index (κ1) is 16.2. The maximum atomic E-state index is 12.1. The first-order chi connectivity index (χ1) is 10.6. The second-order valence-electron chi connectivity index (χ2n) is 5.60. The van der Waals surface area contributed by atoms with Crippen molar-refractivity contribution in [1.29, 1.82) is 0 Å². The fraction of sp³-hybridized carbons (Fsp3) is 0.211. The van der Waals surface area contributed by atoms with Gasteiger partial charge in [0.15, 0.2) is 0 Å². The lowest BCUT2D eigenvalue weighted by Crippen LogP contribution is -2.41. The van der Waals surface area contributed by atoms with Crippen LogP contribution in [0.2, 0.25) is 0 Å². The van der Waals surface area contributed by atoms with E-state index >= 15 is 0 Å². The smallest absolute Gasteiger partial charge is 0.333 e. The Hall–Kier alpha value is -2.13. The van der Waals surface area contributed by atoms with Gasteiger partial charge in [0.25, 0.3) is 0 Å². The zero-order valence-corrected chi connectivity index (χ0v) is 14.5. The third-order valence-electron chi connectivity index (χ3n) is 3.40. The largest absolute Gasteiger partial charge is 0.460 e. The van der Waals surface area contributed by atoms with Gasteiger partial charge in [-0.1, -0.05) is 76.7 Å². The molecule has 0 saturated carbocycles. The van der Waals surface area contributed by atoms with Gasteiger partial charge in [-0.3, -0.25) is 0 Å². The van der Waals surface area contributed by atoms with Crippen LogP contribution >= 0.6 is 0 Å². The second-order valence-corrected chi connectivity index (χ2v) is 8.22. The van der Waals surface area contributed by atoms with Gasteiger partial charge >= 0.3 is 5.97 Å². The molecule has 0 amide bonds. The quantitative estimate of drug-likeness (QED) is 0.482. The summed E-state index contributed by atoms with van der Waals surface area (Å²) >= 11 is 0. The molecular weight excluding hydrogens is 288 g/mol. The third kappa shape index (κ3) is 4.43. The number of esters is 1. The summed E-state index contributed by atoms with van der Waals surface area (Å²) in [5.74, 6) is -0.223. The average molecular weight is 310 g/mol. The Morgan fingerprint density at radius 2 is 1.41 bits per heavy atom. The second kappa shape index (κ2) is 7.76. The van der Waals surface area contributed by atoms with E-state index in [0.29, 0.717) is 5.57 Å². The van der Waals surface area contributed by atoms with Gasteiger partial charge in [0.2, 0.25) is 0 Å². The molecule has 0 atom stereocenters. The Morgan fingerprint density at radius 1 is 0.955 bits per heavy atom. The van der Waals surface area contributed by atoms with Crippen LogP contribution in [-0.4, -0.2) is 20.9 Å². The SMILES string of the molecule is CC(=C[SiH](c1ccccc1)c1ccccc1)C(=O)OC(C)C. The van der Waals surface area contributed by atoms with Gasteiger partial charge in [-0.25, -0.2) is 4.79 Å². The molecule has 2 rings (SSSR count). The van der Waals surface area contributed by atoms with Gasteiger partial charge in [-0.05, 0) is 20.8 Å². The third-order valence-corrected chi connectivity index (χ3v) is 6.44. The number of rotatable bonds is 5. The van der Waals surface area contributed by atoms with Gasteiger partial charge in [0, 0.05) is 5.57 Å². The maximum absolute atomic E-state index is 12.1. The average Bonchev–Trinajstić information content (AvgIpc) is 2.53. The standard InChI is InChI=1S/C19H22O2Si/c1-15(2)21-19(20)16(3)14-22(17-10-6-4-7-11-17)18-12-8-5-9-13-18/h4-15,22H,1-3H3. The van der Waals surface area contributed by atoms with Crippen LogP contribution in [0.25, 0.3) is 0 Å². The van der Waals surface area contributed by atoms with E-state index in [0.717, 1.165) is 0 Å². The molecule has 0 heterocycles. The van der Waals surface area contributed by atoms with E-state index in [1.807, 2.05) is 57.2 Å². The minimum absolute atomic E-state index is 0.0931. The summed E-state index contributed by atoms with van der Waals surface area (Å²) in [6.07, 6.45) is -0.0931. The van der Waals surface area contributed by atoms with Gasteiger partial charge in [0.1, 0.15) is 8.80 Å². The monoisotopic (exact) mass is 310 g/mol. The van der Waals surface area contributed by atoms with E-state index in [1.54, 1.807) is 0 Å². The topological polar surface area (TPSA) is 26.3 Å². The molecule has 0 saturated heterocycles. The van der Waals surface area contributed by atoms with E-state index < -0.39 is 8.80 Å². The summed E-state index contributed by atoms with van der Waals surface area (Å²) in [5, 5.41) is 2.59. The normalized spacial score (nSPS) is 11.8. The number of carbonyl (C=O) groups is 1. The number of carbonyl (C=O) groups excluding carboxylic acids is 1. The Kier molecular flexibility index (Phi) is 5.73. The van der Waals surface area contributed by atoms with Gasteiger partial charge in [0.05, 0.1) is 6.10 Å². The number of benzene rings is 2. The van der Waals surface area contributed by atoms with Crippen molar-refractivity contribution in [1.82, 2.24) is 0 Å². The minimum atomic E-state index is -1.57. The van der Waals surface area contributed by atoms with Crippen molar-refractivity contribution in [2.45, 2.75) is 26.9 Å². The van der Waals surface area contributed by atoms with Gasteiger partial charge < -0.3 is 4.74 Å². The molecule has 0 spiro atoms. The predicted molar refractivity (Wildman–Crippen MR) is 94.3 cm³/mol. The van der Waals surface area contributed by atoms with Crippen molar-refractivity contribution in [2.75, 3.05) is 0 Å². The van der Waals surface area contributed by atoms with Crippen LogP contribution < -0.4 is 10.4 Å². The van der Waals surface area contributed by atoms with Crippen molar-refractivity contribution < 1.29 is 9.53 Å². The Morgan fingerprint density at radius 3 is 1.82 bits per heavy atom. The molecule has 2 nitrogen and oxygen atoms in total. The van der Waals surface area contributed by atoms with Crippen molar-refractivity contribution >= 4 is 25.1 Å². The van der Waals surface area contributed by atoms with Gasteiger partial charge in [-0.2, -0.15) is 0 Å². The Balaban J connectivity index is 2.36. The fourth-order valence-electron chi connectivity index (χ4n) is 2.33. The summed E-state index contributed by atoms with van der Waals surface area (Å²) in [5.41, 5.74) is 2.81. The van der Waals surface area contributed by atoms with E-state index in [1.165, 1.54) is 10.4 Å². The van der Waals surface area contributed by atoms with Crippen LogP contribution in [0.1, 0.15) is 20.8 Å². The first-order valence-corrected chi connectivity index (χ1v) is 9.39. The molecular formula is C19H22O2Si. The van der Waals surface area contributed by atoms with Gasteiger partial charge in [-0.15, -0.1) is 0 Å². The lowest BCUT2D eigenvalue weighted by atomic mass is 10.3. The molecule has 0 bridgehead atoms. The summed E-state index contributed by atoms with van der Waals surface area (Å²) in [6.45, 7) is 5.58. The van der Waals surface area contributed by atoms with Crippen molar-refractivity contribution in [3.05, 3.63) is 71.9 Å². The highest BCUT2D eigenvalue weighted by molar-refractivity contribution is 6.89. The molecule has 0 aliphatic carbocycles. The summed E-state index contributed by atoms with van der Waals surface area (Å²) in [7, 11) is -1.57. The van der Waals surface area contributed by atoms with Crippen LogP contribution in [0.15, 0.2) is 71.9 Å². The summed E-state index contributed by atoms with van der Waals surface area (Å²) in [4.78, 5) is 12.1. The van der Waals surface area contributed by atoms with Crippen molar-refractivity contribution in [3.63, 3.8) is 0 Å². The molecule has 0 fully saturated rings. The minimum Gasteiger partial charge on any atom is -0.460 e. The van der Waals surface area contributed by atoms with E-state index in [-0.39, 0.29) is 12.1 Å². The number of hydrogen-bond acceptors (Lipinski definition) is 2. The Labute approximate surface area is 134 Å². The number of hydrogen-bond donors (Lipinski definition) is 0. The fourth-order valence-corrected chi connectivity index (χ4v) is 5.01. The molecule has 0 aromatic heterocycles. The van der Waals surface area contributed by atoms with Crippen molar-refractivity contribution in [2.24, 2.45) is 0 Å². The molecule has 0 aliphatic heterocycles. The Bertz CT molecular complexity index is 593. The van der Waals surface area contributed by atoms with E-state index in [9.17, 15) is 4.79 Å². The lowest BCUT2D eigenvalue weighted by molar-refractivity contribution is -0.142. The van der Waals surface area contributed by atoms with Crippen molar-refractivity contribution in [3.8, 4) is 0 Å². The molecule has 0 radical (unpaired) electrons. The molecule has 0 aliphatic rings. The van der Waals surface area contributed by atoms with Crippen LogP contribution in [0.5, 0.6) is 0 Å². The molecule has 0 N–H and O–H groups in total. The first-order valence-electron chi connectivity index (χ1n) is 7.57. The maximum Gasteiger partial charge on any atom is 0.333 e. The van der Waals surface area contributed by atoms with Crippen LogP contribution in [-0.2, 0) is 9.53 Å². The molecule has 0 unspecified atom stereocenters. The summed E-state index contributed by atoms with van der Waals surface area (Å²) < 4.78 is 5.30. The van der Waals surface area contributed by atoms with Crippen LogP contribution in [0.4, 0.5) is 0 Å².